The van der Waals surface area contributed by atoms with Crippen molar-refractivity contribution in [2.24, 2.45) is 0 Å². The Labute approximate surface area is 217 Å². The first-order valence-corrected chi connectivity index (χ1v) is 12.1. The van der Waals surface area contributed by atoms with E-state index < -0.39 is 35.1 Å². The highest BCUT2D eigenvalue weighted by Gasteiger charge is 2.38. The Bertz CT molecular complexity index is 1290. The quantitative estimate of drug-likeness (QED) is 0.417. The molecular weight excluding hydrogens is 470 g/mol. The van der Waals surface area contributed by atoms with Crippen LogP contribution < -0.4 is 10.6 Å². The number of hydrogen-bond acceptors (Lipinski definition) is 5. The molecule has 0 fully saturated rings. The Kier molecular flexibility index (Phi) is 8.11. The van der Waals surface area contributed by atoms with E-state index in [-0.39, 0.29) is 12.3 Å². The predicted molar refractivity (Wildman–Crippen MR) is 144 cm³/mol. The lowest BCUT2D eigenvalue weighted by Gasteiger charge is -2.41. The summed E-state index contributed by atoms with van der Waals surface area (Å²) in [5, 5.41) is 17.6. The zero-order chi connectivity index (χ0) is 27.4. The second-order valence-corrected chi connectivity index (χ2v) is 10.8. The number of hydrogen-bond donors (Lipinski definition) is 3. The summed E-state index contributed by atoms with van der Waals surface area (Å²) in [6, 6.07) is 18.5. The molecule has 0 radical (unpaired) electrons. The Morgan fingerprint density at radius 2 is 1.57 bits per heavy atom. The van der Waals surface area contributed by atoms with Crippen molar-refractivity contribution in [1.82, 2.24) is 10.2 Å². The Hall–Kier alpha value is -4.07. The molecule has 0 aliphatic carbocycles. The lowest BCUT2D eigenvalue weighted by Crippen LogP contribution is -2.54. The van der Waals surface area contributed by atoms with Gasteiger partial charge in [-0.25, -0.2) is 4.79 Å². The van der Waals surface area contributed by atoms with E-state index in [0.717, 1.165) is 10.8 Å². The van der Waals surface area contributed by atoms with E-state index in [4.69, 9.17) is 4.74 Å². The average Bonchev–Trinajstić information content (AvgIpc) is 2.79. The predicted octanol–water partition coefficient (Wildman–Crippen LogP) is 5.38. The molecule has 37 heavy (non-hydrogen) atoms. The maximum Gasteiger partial charge on any atom is 0.408 e. The van der Waals surface area contributed by atoms with Crippen molar-refractivity contribution in [3.05, 3.63) is 72.3 Å². The van der Waals surface area contributed by atoms with Crippen LogP contribution in [0.1, 0.15) is 53.1 Å². The number of amides is 3. The number of aromatic hydroxyl groups is 1. The molecule has 3 aromatic rings. The number of fused-ring (bicyclic) bond motifs is 1. The smallest absolute Gasteiger partial charge is 0.408 e. The Morgan fingerprint density at radius 1 is 0.892 bits per heavy atom. The molecule has 0 aliphatic heterocycles. The summed E-state index contributed by atoms with van der Waals surface area (Å²) in [6.45, 7) is 10.2. The molecular formula is C29H35N3O5. The third-order valence-corrected chi connectivity index (χ3v) is 5.48. The van der Waals surface area contributed by atoms with Crippen LogP contribution >= 0.6 is 0 Å². The van der Waals surface area contributed by atoms with Crippen LogP contribution in [-0.2, 0) is 14.3 Å². The van der Waals surface area contributed by atoms with Crippen LogP contribution in [0.5, 0.6) is 5.75 Å². The molecule has 3 aromatic carbocycles. The van der Waals surface area contributed by atoms with Crippen LogP contribution in [-0.4, -0.2) is 45.6 Å². The number of phenolic OH excluding ortho intramolecular Hbond substituents is 1. The second-order valence-electron chi connectivity index (χ2n) is 10.8. The van der Waals surface area contributed by atoms with Gasteiger partial charge in [0.15, 0.2) is 0 Å². The first kappa shape index (κ1) is 27.5. The summed E-state index contributed by atoms with van der Waals surface area (Å²) in [4.78, 5) is 40.9. The van der Waals surface area contributed by atoms with E-state index in [1.807, 2.05) is 36.4 Å². The van der Waals surface area contributed by atoms with Gasteiger partial charge in [-0.2, -0.15) is 0 Å². The maximum absolute atomic E-state index is 13.8. The lowest BCUT2D eigenvalue weighted by molar-refractivity contribution is -0.144. The minimum absolute atomic E-state index is 0.0332. The third-order valence-electron chi connectivity index (χ3n) is 5.48. The average molecular weight is 506 g/mol. The van der Waals surface area contributed by atoms with Gasteiger partial charge in [0.2, 0.25) is 5.91 Å². The van der Waals surface area contributed by atoms with Gasteiger partial charge in [0.25, 0.3) is 5.91 Å². The Morgan fingerprint density at radius 3 is 2.19 bits per heavy atom. The van der Waals surface area contributed by atoms with Crippen LogP contribution in [0.2, 0.25) is 0 Å². The molecule has 0 saturated heterocycles. The molecule has 8 nitrogen and oxygen atoms in total. The molecule has 3 N–H and O–H groups in total. The largest absolute Gasteiger partial charge is 0.508 e. The van der Waals surface area contributed by atoms with Crippen LogP contribution in [0.3, 0.4) is 0 Å². The number of carbonyl (C=O) groups excluding carboxylic acids is 3. The molecule has 8 heteroatoms. The third kappa shape index (κ3) is 7.46. The molecule has 3 amide bonds. The minimum Gasteiger partial charge on any atom is -0.508 e. The van der Waals surface area contributed by atoms with Gasteiger partial charge in [0.05, 0.1) is 0 Å². The van der Waals surface area contributed by atoms with Crippen LogP contribution in [0.15, 0.2) is 66.7 Å². The van der Waals surface area contributed by atoms with Crippen molar-refractivity contribution in [2.75, 3.05) is 11.9 Å². The lowest BCUT2D eigenvalue weighted by atomic mass is 9.96. The topological polar surface area (TPSA) is 108 Å². The summed E-state index contributed by atoms with van der Waals surface area (Å²) in [7, 11) is 0. The molecule has 0 heterocycles. The van der Waals surface area contributed by atoms with Gasteiger partial charge < -0.3 is 25.4 Å². The minimum atomic E-state index is -1.09. The van der Waals surface area contributed by atoms with E-state index in [1.54, 1.807) is 59.7 Å². The van der Waals surface area contributed by atoms with Gasteiger partial charge in [-0.15, -0.1) is 0 Å². The van der Waals surface area contributed by atoms with Crippen molar-refractivity contribution in [2.45, 2.75) is 58.7 Å². The number of anilines is 1. The summed E-state index contributed by atoms with van der Waals surface area (Å²) in [5.74, 6) is -0.976. The number of carbonyl (C=O) groups is 3. The van der Waals surface area contributed by atoms with Crippen LogP contribution in [0.4, 0.5) is 10.5 Å². The molecule has 0 bridgehead atoms. The molecule has 1 atom stereocenters. The van der Waals surface area contributed by atoms with E-state index in [9.17, 15) is 19.5 Å². The number of rotatable bonds is 6. The molecule has 1 unspecified atom stereocenters. The van der Waals surface area contributed by atoms with Crippen LogP contribution in [0.25, 0.3) is 10.8 Å². The molecule has 0 saturated carbocycles. The zero-order valence-corrected chi connectivity index (χ0v) is 22.2. The zero-order valence-electron chi connectivity index (χ0n) is 22.2. The van der Waals surface area contributed by atoms with E-state index >= 15 is 0 Å². The van der Waals surface area contributed by atoms with Gasteiger partial charge in [0.1, 0.15) is 23.9 Å². The van der Waals surface area contributed by atoms with Crippen LogP contribution in [0, 0.1) is 0 Å². The fourth-order valence-corrected chi connectivity index (χ4v) is 4.04. The van der Waals surface area contributed by atoms with Crippen molar-refractivity contribution < 1.29 is 24.2 Å². The molecule has 0 spiro atoms. The summed E-state index contributed by atoms with van der Waals surface area (Å²) in [6.07, 6.45) is -0.732. The van der Waals surface area contributed by atoms with Crippen molar-refractivity contribution >= 4 is 34.4 Å². The number of alkyl carbamates (subject to hydrolysis) is 1. The summed E-state index contributed by atoms with van der Waals surface area (Å²) in [5.41, 5.74) is -0.537. The highest BCUT2D eigenvalue weighted by atomic mass is 16.6. The van der Waals surface area contributed by atoms with Gasteiger partial charge in [-0.1, -0.05) is 42.5 Å². The molecule has 0 aliphatic rings. The van der Waals surface area contributed by atoms with Crippen molar-refractivity contribution in [1.29, 1.82) is 0 Å². The van der Waals surface area contributed by atoms with Gasteiger partial charge in [-0.3, -0.25) is 9.59 Å². The monoisotopic (exact) mass is 505 g/mol. The number of nitrogens with zero attached hydrogens (tertiary/aromatic N) is 1. The Balaban J connectivity index is 1.95. The number of nitrogens with one attached hydrogen (secondary N) is 2. The fraction of sp³-hybridized carbons (Fsp3) is 0.345. The number of phenols is 1. The van der Waals surface area contributed by atoms with E-state index in [2.05, 4.69) is 10.6 Å². The van der Waals surface area contributed by atoms with Crippen molar-refractivity contribution in [3.8, 4) is 5.75 Å². The standard InChI is InChI=1S/C29H35N3O5/c1-28(2,3)32(24(34)18-30-27(36)37-29(4,5)6)25(21-12-9-13-23(33)17-21)26(35)31-22-15-14-19-10-7-8-11-20(19)16-22/h7-17,25,33H,18H2,1-6H3,(H,30,36)(H,31,35). The maximum atomic E-state index is 13.8. The van der Waals surface area contributed by atoms with Crippen molar-refractivity contribution in [3.63, 3.8) is 0 Å². The first-order chi connectivity index (χ1) is 17.2. The number of ether oxygens (including phenoxy) is 1. The summed E-state index contributed by atoms with van der Waals surface area (Å²) >= 11 is 0. The molecule has 3 rings (SSSR count). The second kappa shape index (κ2) is 10.9. The van der Waals surface area contributed by atoms with Gasteiger partial charge in [0, 0.05) is 11.2 Å². The van der Waals surface area contributed by atoms with Gasteiger partial charge >= 0.3 is 6.09 Å². The fourth-order valence-electron chi connectivity index (χ4n) is 4.04. The van der Waals surface area contributed by atoms with E-state index in [1.165, 1.54) is 17.0 Å². The van der Waals surface area contributed by atoms with E-state index in [0.29, 0.717) is 11.3 Å². The highest BCUT2D eigenvalue weighted by Crippen LogP contribution is 2.32. The molecule has 0 aromatic heterocycles. The van der Waals surface area contributed by atoms with Gasteiger partial charge in [-0.05, 0) is 82.1 Å². The normalized spacial score (nSPS) is 12.5. The summed E-state index contributed by atoms with van der Waals surface area (Å²) < 4.78 is 5.24. The molecule has 196 valence electrons. The SMILES string of the molecule is CC(C)(C)OC(=O)NCC(=O)N(C(C(=O)Nc1ccc2ccccc2c1)c1cccc(O)c1)C(C)(C)C. The first-order valence-electron chi connectivity index (χ1n) is 12.1. The number of benzene rings is 3. The highest BCUT2D eigenvalue weighted by molar-refractivity contribution is 6.00.